The van der Waals surface area contributed by atoms with E-state index in [4.69, 9.17) is 4.74 Å². The molecule has 8 heteroatoms. The molecule has 0 saturated heterocycles. The second-order valence-corrected chi connectivity index (χ2v) is 6.52. The molecule has 0 bridgehead atoms. The number of thiazole rings is 1. The van der Waals surface area contributed by atoms with Gasteiger partial charge in [-0.2, -0.15) is 18.4 Å². The molecule has 0 aliphatic heterocycles. The Balaban J connectivity index is 1.80. The zero-order valence-corrected chi connectivity index (χ0v) is 15.4. The first-order valence-corrected chi connectivity index (χ1v) is 8.93. The van der Waals surface area contributed by atoms with Crippen LogP contribution in [0.5, 0.6) is 5.75 Å². The van der Waals surface area contributed by atoms with Gasteiger partial charge in [-0.25, -0.2) is 4.98 Å². The first-order valence-electron chi connectivity index (χ1n) is 8.05. The van der Waals surface area contributed by atoms with E-state index in [2.05, 4.69) is 10.3 Å². The highest BCUT2D eigenvalue weighted by Crippen LogP contribution is 2.31. The number of allylic oxidation sites excluding steroid dienone is 1. The average Bonchev–Trinajstić information content (AvgIpc) is 3.18. The number of benzene rings is 2. The van der Waals surface area contributed by atoms with Crippen molar-refractivity contribution in [2.45, 2.75) is 6.18 Å². The van der Waals surface area contributed by atoms with Gasteiger partial charge in [0.1, 0.15) is 22.4 Å². The monoisotopic (exact) mass is 401 g/mol. The molecule has 0 radical (unpaired) electrons. The number of nitrogens with one attached hydrogen (secondary N) is 1. The van der Waals surface area contributed by atoms with Crippen LogP contribution in [0.1, 0.15) is 10.6 Å². The minimum absolute atomic E-state index is 0.224. The molecule has 1 heterocycles. The van der Waals surface area contributed by atoms with Gasteiger partial charge in [-0.1, -0.05) is 6.07 Å². The Labute approximate surface area is 163 Å². The van der Waals surface area contributed by atoms with Gasteiger partial charge in [-0.05, 0) is 42.5 Å². The van der Waals surface area contributed by atoms with E-state index in [9.17, 15) is 18.4 Å². The van der Waals surface area contributed by atoms with Gasteiger partial charge in [-0.15, -0.1) is 11.3 Å². The lowest BCUT2D eigenvalue weighted by Crippen LogP contribution is -2.05. The minimum Gasteiger partial charge on any atom is -0.497 e. The Morgan fingerprint density at radius 2 is 1.96 bits per heavy atom. The fraction of sp³-hybridized carbons (Fsp3) is 0.100. The van der Waals surface area contributed by atoms with Gasteiger partial charge in [0, 0.05) is 22.8 Å². The zero-order chi connectivity index (χ0) is 20.1. The SMILES string of the molecule is COc1ccc(-c2csc(/C(C#N)=C\Nc3cccc(C(F)(F)F)c3)n2)cc1. The van der Waals surface area contributed by atoms with Crippen LogP contribution in [0, 0.1) is 11.3 Å². The van der Waals surface area contributed by atoms with Gasteiger partial charge in [0.05, 0.1) is 18.4 Å². The normalized spacial score (nSPS) is 11.8. The van der Waals surface area contributed by atoms with Crippen molar-refractivity contribution in [1.29, 1.82) is 5.26 Å². The predicted octanol–water partition coefficient (Wildman–Crippen LogP) is 5.81. The Hall–Kier alpha value is -3.31. The van der Waals surface area contributed by atoms with Crippen LogP contribution in [0.15, 0.2) is 60.1 Å². The maximum absolute atomic E-state index is 12.8. The van der Waals surface area contributed by atoms with E-state index in [1.54, 1.807) is 7.11 Å². The number of halogens is 3. The van der Waals surface area contributed by atoms with Crippen LogP contribution in [0.25, 0.3) is 16.8 Å². The molecule has 0 aliphatic carbocycles. The Bertz CT molecular complexity index is 1030. The molecule has 1 aromatic heterocycles. The van der Waals surface area contributed by atoms with Crippen molar-refractivity contribution >= 4 is 22.6 Å². The molecular formula is C20H14F3N3OS. The zero-order valence-electron chi connectivity index (χ0n) is 14.6. The topological polar surface area (TPSA) is 57.9 Å². The second kappa shape index (κ2) is 8.15. The van der Waals surface area contributed by atoms with Crippen LogP contribution < -0.4 is 10.1 Å². The molecule has 3 aromatic rings. The Kier molecular flexibility index (Phi) is 5.66. The van der Waals surface area contributed by atoms with Crippen molar-refractivity contribution in [2.75, 3.05) is 12.4 Å². The van der Waals surface area contributed by atoms with Gasteiger partial charge in [0.2, 0.25) is 0 Å². The molecule has 0 atom stereocenters. The number of methoxy groups -OCH3 is 1. The fourth-order valence-electron chi connectivity index (χ4n) is 2.37. The number of nitrogens with zero attached hydrogens (tertiary/aromatic N) is 2. The maximum atomic E-state index is 12.8. The third-order valence-electron chi connectivity index (χ3n) is 3.81. The van der Waals surface area contributed by atoms with E-state index >= 15 is 0 Å². The van der Waals surface area contributed by atoms with Gasteiger partial charge in [0.25, 0.3) is 0 Å². The summed E-state index contributed by atoms with van der Waals surface area (Å²) in [4.78, 5) is 4.44. The predicted molar refractivity (Wildman–Crippen MR) is 103 cm³/mol. The summed E-state index contributed by atoms with van der Waals surface area (Å²) >= 11 is 1.28. The molecule has 0 spiro atoms. The first-order chi connectivity index (χ1) is 13.4. The van der Waals surface area contributed by atoms with Crippen molar-refractivity contribution in [2.24, 2.45) is 0 Å². The summed E-state index contributed by atoms with van der Waals surface area (Å²) in [5, 5.41) is 14.4. The lowest BCUT2D eigenvalue weighted by atomic mass is 10.2. The van der Waals surface area contributed by atoms with Crippen LogP contribution in [0.2, 0.25) is 0 Å². The highest BCUT2D eigenvalue weighted by molar-refractivity contribution is 7.11. The molecule has 1 N–H and O–H groups in total. The summed E-state index contributed by atoms with van der Waals surface area (Å²) in [6.07, 6.45) is -3.08. The highest BCUT2D eigenvalue weighted by atomic mass is 32.1. The Morgan fingerprint density at radius 1 is 1.21 bits per heavy atom. The van der Waals surface area contributed by atoms with Crippen molar-refractivity contribution in [1.82, 2.24) is 4.98 Å². The van der Waals surface area contributed by atoms with Crippen LogP contribution >= 0.6 is 11.3 Å². The van der Waals surface area contributed by atoms with E-state index in [1.807, 2.05) is 35.7 Å². The lowest BCUT2D eigenvalue weighted by molar-refractivity contribution is -0.137. The van der Waals surface area contributed by atoms with Crippen molar-refractivity contribution in [3.05, 3.63) is 70.7 Å². The molecule has 0 fully saturated rings. The summed E-state index contributed by atoms with van der Waals surface area (Å²) in [6, 6.07) is 14.1. The number of ether oxygens (including phenoxy) is 1. The summed E-state index contributed by atoms with van der Waals surface area (Å²) in [5.41, 5.74) is 1.26. The van der Waals surface area contributed by atoms with Gasteiger partial charge < -0.3 is 10.1 Å². The summed E-state index contributed by atoms with van der Waals surface area (Å²) in [5.74, 6) is 0.724. The number of nitriles is 1. The molecule has 28 heavy (non-hydrogen) atoms. The minimum atomic E-state index is -4.43. The van der Waals surface area contributed by atoms with Crippen LogP contribution in [-0.4, -0.2) is 12.1 Å². The standard InChI is InChI=1S/C20H14F3N3OS/c1-27-17-7-5-13(6-8-17)18-12-28-19(26-18)14(10-24)11-25-16-4-2-3-15(9-16)20(21,22)23/h2-9,11-12,25H,1H3/b14-11-. The average molecular weight is 401 g/mol. The second-order valence-electron chi connectivity index (χ2n) is 5.66. The van der Waals surface area contributed by atoms with E-state index in [1.165, 1.54) is 29.7 Å². The van der Waals surface area contributed by atoms with Gasteiger partial charge in [-0.3, -0.25) is 0 Å². The van der Waals surface area contributed by atoms with Gasteiger partial charge in [0.15, 0.2) is 0 Å². The Morgan fingerprint density at radius 3 is 2.61 bits per heavy atom. The van der Waals surface area contributed by atoms with Crippen LogP contribution in [-0.2, 0) is 6.18 Å². The maximum Gasteiger partial charge on any atom is 0.416 e. The smallest absolute Gasteiger partial charge is 0.416 e. The van der Waals surface area contributed by atoms with E-state index in [0.29, 0.717) is 10.7 Å². The third-order valence-corrected chi connectivity index (χ3v) is 4.69. The molecule has 0 unspecified atom stereocenters. The number of rotatable bonds is 5. The van der Waals surface area contributed by atoms with Crippen LogP contribution in [0.3, 0.4) is 0 Å². The third kappa shape index (κ3) is 4.50. The molecular weight excluding hydrogens is 387 g/mol. The van der Waals surface area contributed by atoms with Gasteiger partial charge >= 0.3 is 6.18 Å². The molecule has 0 amide bonds. The number of alkyl halides is 3. The molecule has 0 aliphatic rings. The van der Waals surface area contributed by atoms with E-state index in [-0.39, 0.29) is 11.3 Å². The summed E-state index contributed by atoms with van der Waals surface area (Å²) in [7, 11) is 1.58. The van der Waals surface area contributed by atoms with Crippen LogP contribution in [0.4, 0.5) is 18.9 Å². The van der Waals surface area contributed by atoms with Crippen molar-refractivity contribution in [3.8, 4) is 23.1 Å². The largest absolute Gasteiger partial charge is 0.497 e. The van der Waals surface area contributed by atoms with Crippen molar-refractivity contribution < 1.29 is 17.9 Å². The summed E-state index contributed by atoms with van der Waals surface area (Å²) in [6.45, 7) is 0. The number of hydrogen-bond donors (Lipinski definition) is 1. The van der Waals surface area contributed by atoms with Crippen molar-refractivity contribution in [3.63, 3.8) is 0 Å². The highest BCUT2D eigenvalue weighted by Gasteiger charge is 2.30. The molecule has 3 rings (SSSR count). The summed E-state index contributed by atoms with van der Waals surface area (Å²) < 4.78 is 43.5. The molecule has 142 valence electrons. The fourth-order valence-corrected chi connectivity index (χ4v) is 3.17. The first kappa shape index (κ1) is 19.5. The number of aromatic nitrogens is 1. The quantitative estimate of drug-likeness (QED) is 0.548. The number of anilines is 1. The number of hydrogen-bond acceptors (Lipinski definition) is 5. The van der Waals surface area contributed by atoms with E-state index < -0.39 is 11.7 Å². The molecule has 2 aromatic carbocycles. The van der Waals surface area contributed by atoms with E-state index in [0.717, 1.165) is 23.4 Å². The molecule has 0 saturated carbocycles. The molecule has 4 nitrogen and oxygen atoms in total. The lowest BCUT2D eigenvalue weighted by Gasteiger charge is -2.08.